The van der Waals surface area contributed by atoms with E-state index in [9.17, 15) is 4.79 Å². The molecule has 1 aliphatic rings. The van der Waals surface area contributed by atoms with E-state index in [-0.39, 0.29) is 23.5 Å². The smallest absolute Gasteiger partial charge is 0.277 e. The second-order valence-electron chi connectivity index (χ2n) is 4.78. The largest absolute Gasteiger partial charge is 0.379 e. The summed E-state index contributed by atoms with van der Waals surface area (Å²) in [5.41, 5.74) is 5.52. The number of amides is 1. The minimum absolute atomic E-state index is 0.00243. The van der Waals surface area contributed by atoms with Gasteiger partial charge in [0.2, 0.25) is 17.5 Å². The molecular formula is C12H15N7O2. The zero-order chi connectivity index (χ0) is 14.7. The number of nitrogens with two attached hydrogens (primary N) is 1. The van der Waals surface area contributed by atoms with Crippen molar-refractivity contribution in [2.45, 2.75) is 18.9 Å². The van der Waals surface area contributed by atoms with Gasteiger partial charge in [-0.05, 0) is 29.2 Å². The lowest BCUT2D eigenvalue weighted by atomic mass is 10.1. The molecule has 1 fully saturated rings. The second kappa shape index (κ2) is 5.73. The van der Waals surface area contributed by atoms with Gasteiger partial charge in [-0.1, -0.05) is 0 Å². The number of aromatic nitrogens is 4. The highest BCUT2D eigenvalue weighted by Gasteiger charge is 2.24. The Morgan fingerprint density at radius 2 is 2.00 bits per heavy atom. The normalized spacial score (nSPS) is 15.9. The van der Waals surface area contributed by atoms with E-state index in [0.29, 0.717) is 5.95 Å². The van der Waals surface area contributed by atoms with Gasteiger partial charge in [0.1, 0.15) is 0 Å². The first-order chi connectivity index (χ1) is 10.2. The molecule has 0 aliphatic carbocycles. The van der Waals surface area contributed by atoms with E-state index in [1.165, 1.54) is 0 Å². The Kier molecular flexibility index (Phi) is 3.63. The summed E-state index contributed by atoms with van der Waals surface area (Å²) in [6.07, 6.45) is 5.04. The minimum Gasteiger partial charge on any atom is -0.379 e. The molecule has 21 heavy (non-hydrogen) atoms. The molecule has 1 saturated heterocycles. The van der Waals surface area contributed by atoms with E-state index >= 15 is 0 Å². The molecule has 0 aromatic carbocycles. The quantitative estimate of drug-likeness (QED) is 0.799. The zero-order valence-electron chi connectivity index (χ0n) is 11.3. The van der Waals surface area contributed by atoms with Crippen LogP contribution in [0.3, 0.4) is 0 Å². The summed E-state index contributed by atoms with van der Waals surface area (Å²) in [6.45, 7) is 1.56. The van der Waals surface area contributed by atoms with Gasteiger partial charge in [-0.25, -0.2) is 14.6 Å². The molecule has 0 saturated carbocycles. The van der Waals surface area contributed by atoms with Gasteiger partial charge in [0.25, 0.3) is 5.91 Å². The fourth-order valence-electron chi connectivity index (χ4n) is 2.29. The number of rotatable bonds is 3. The fourth-order valence-corrected chi connectivity index (χ4v) is 2.29. The van der Waals surface area contributed by atoms with Crippen LogP contribution < -0.4 is 16.0 Å². The molecule has 110 valence electrons. The van der Waals surface area contributed by atoms with Crippen LogP contribution in [-0.4, -0.2) is 45.3 Å². The number of nitrogens with one attached hydrogen (secondary N) is 1. The van der Waals surface area contributed by atoms with Gasteiger partial charge in [-0.3, -0.25) is 4.79 Å². The Bertz CT molecular complexity index is 607. The zero-order valence-corrected chi connectivity index (χ0v) is 11.3. The first kappa shape index (κ1) is 13.3. The van der Waals surface area contributed by atoms with Crippen molar-refractivity contribution in [1.82, 2.24) is 25.6 Å². The van der Waals surface area contributed by atoms with Crippen molar-refractivity contribution in [3.63, 3.8) is 0 Å². The van der Waals surface area contributed by atoms with Gasteiger partial charge < -0.3 is 16.0 Å². The third-order valence-corrected chi connectivity index (χ3v) is 3.39. The molecule has 0 unspecified atom stereocenters. The van der Waals surface area contributed by atoms with Crippen molar-refractivity contribution in [3.8, 4) is 0 Å². The first-order valence-corrected chi connectivity index (χ1v) is 6.65. The van der Waals surface area contributed by atoms with Crippen molar-refractivity contribution in [3.05, 3.63) is 24.2 Å². The monoisotopic (exact) mass is 289 g/mol. The minimum atomic E-state index is -0.358. The van der Waals surface area contributed by atoms with E-state index in [1.807, 2.05) is 0 Å². The Morgan fingerprint density at radius 1 is 1.29 bits per heavy atom. The van der Waals surface area contributed by atoms with Crippen molar-refractivity contribution in [2.75, 3.05) is 23.7 Å². The van der Waals surface area contributed by atoms with E-state index in [1.54, 1.807) is 18.5 Å². The number of nitrogen functional groups attached to an aromatic ring is 1. The highest BCUT2D eigenvalue weighted by Crippen LogP contribution is 2.16. The van der Waals surface area contributed by atoms with Crippen LogP contribution in [0.2, 0.25) is 0 Å². The summed E-state index contributed by atoms with van der Waals surface area (Å²) in [5, 5.41) is 9.76. The van der Waals surface area contributed by atoms with E-state index < -0.39 is 0 Å². The van der Waals surface area contributed by atoms with Crippen molar-refractivity contribution >= 4 is 17.7 Å². The summed E-state index contributed by atoms with van der Waals surface area (Å²) in [5.74, 6) is 0.359. The molecule has 0 radical (unpaired) electrons. The van der Waals surface area contributed by atoms with E-state index in [0.717, 1.165) is 25.9 Å². The van der Waals surface area contributed by atoms with Gasteiger partial charge in [0, 0.05) is 31.5 Å². The Hall–Kier alpha value is -2.71. The van der Waals surface area contributed by atoms with Gasteiger partial charge in [-0.15, -0.1) is 0 Å². The highest BCUT2D eigenvalue weighted by atomic mass is 16.6. The highest BCUT2D eigenvalue weighted by molar-refractivity contribution is 5.96. The van der Waals surface area contributed by atoms with Crippen LogP contribution in [0.1, 0.15) is 23.3 Å². The van der Waals surface area contributed by atoms with Crippen LogP contribution in [0.25, 0.3) is 0 Å². The maximum absolute atomic E-state index is 12.0. The Morgan fingerprint density at radius 3 is 2.62 bits per heavy atom. The molecule has 3 rings (SSSR count). The van der Waals surface area contributed by atoms with Crippen LogP contribution in [0.15, 0.2) is 23.1 Å². The number of nitrogens with zero attached hydrogens (tertiary/aromatic N) is 5. The third-order valence-electron chi connectivity index (χ3n) is 3.39. The average Bonchev–Trinajstić information content (AvgIpc) is 2.95. The fraction of sp³-hybridized carbons (Fsp3) is 0.417. The standard InChI is InChI=1S/C12H15N7O2/c13-10-9(17-21-18-10)11(20)16-8-2-6-19(7-3-8)12-14-4-1-5-15-12/h1,4-5,8H,2-3,6-7H2,(H2,13,18)(H,16,20). The van der Waals surface area contributed by atoms with Crippen molar-refractivity contribution in [2.24, 2.45) is 0 Å². The lowest BCUT2D eigenvalue weighted by Crippen LogP contribution is -2.45. The molecule has 0 spiro atoms. The molecule has 2 aromatic rings. The van der Waals surface area contributed by atoms with Crippen LogP contribution in [-0.2, 0) is 0 Å². The molecule has 1 amide bonds. The molecule has 3 heterocycles. The number of piperidine rings is 1. The van der Waals surface area contributed by atoms with E-state index in [4.69, 9.17) is 5.73 Å². The summed E-state index contributed by atoms with van der Waals surface area (Å²) >= 11 is 0. The summed E-state index contributed by atoms with van der Waals surface area (Å²) < 4.78 is 4.42. The van der Waals surface area contributed by atoms with Gasteiger partial charge >= 0.3 is 0 Å². The van der Waals surface area contributed by atoms with Gasteiger partial charge in [0.15, 0.2) is 0 Å². The molecular weight excluding hydrogens is 274 g/mol. The predicted octanol–water partition coefficient (Wildman–Crippen LogP) is -0.159. The molecule has 3 N–H and O–H groups in total. The van der Waals surface area contributed by atoms with Crippen LogP contribution >= 0.6 is 0 Å². The predicted molar refractivity (Wildman–Crippen MR) is 73.4 cm³/mol. The lowest BCUT2D eigenvalue weighted by molar-refractivity contribution is 0.0921. The SMILES string of the molecule is Nc1nonc1C(=O)NC1CCN(c2ncccn2)CC1. The average molecular weight is 289 g/mol. The molecule has 9 heteroatoms. The molecule has 1 aliphatic heterocycles. The third kappa shape index (κ3) is 2.91. The topological polar surface area (TPSA) is 123 Å². The van der Waals surface area contributed by atoms with Crippen molar-refractivity contribution < 1.29 is 9.42 Å². The number of hydrogen-bond acceptors (Lipinski definition) is 8. The summed E-state index contributed by atoms with van der Waals surface area (Å²) in [7, 11) is 0. The number of carbonyl (C=O) groups is 1. The molecule has 2 aromatic heterocycles. The maximum Gasteiger partial charge on any atom is 0.277 e. The van der Waals surface area contributed by atoms with Crippen molar-refractivity contribution in [1.29, 1.82) is 0 Å². The van der Waals surface area contributed by atoms with Crippen LogP contribution in [0, 0.1) is 0 Å². The number of hydrogen-bond donors (Lipinski definition) is 2. The van der Waals surface area contributed by atoms with Crippen LogP contribution in [0.4, 0.5) is 11.8 Å². The van der Waals surface area contributed by atoms with Gasteiger partial charge in [0.05, 0.1) is 0 Å². The maximum atomic E-state index is 12.0. The summed E-state index contributed by atoms with van der Waals surface area (Å²) in [4.78, 5) is 22.5. The Balaban J connectivity index is 1.55. The Labute approximate surface area is 120 Å². The summed E-state index contributed by atoms with van der Waals surface area (Å²) in [6, 6.07) is 1.85. The second-order valence-corrected chi connectivity index (χ2v) is 4.78. The van der Waals surface area contributed by atoms with Crippen LogP contribution in [0.5, 0.6) is 0 Å². The molecule has 9 nitrogen and oxygen atoms in total. The first-order valence-electron chi connectivity index (χ1n) is 6.65. The molecule has 0 atom stereocenters. The van der Waals surface area contributed by atoms with Gasteiger partial charge in [-0.2, -0.15) is 0 Å². The van der Waals surface area contributed by atoms with E-state index in [2.05, 4.69) is 35.1 Å². The molecule has 0 bridgehead atoms. The number of carbonyl (C=O) groups excluding carboxylic acids is 1. The lowest BCUT2D eigenvalue weighted by Gasteiger charge is -2.32. The number of anilines is 2.